The molecule has 2 aliphatic rings. The highest BCUT2D eigenvalue weighted by atomic mass is 16.1. The average Bonchev–Trinajstić information content (AvgIpc) is 3.04. The predicted octanol–water partition coefficient (Wildman–Crippen LogP) is 7.72. The van der Waals surface area contributed by atoms with Gasteiger partial charge < -0.3 is 11.5 Å². The van der Waals surface area contributed by atoms with E-state index in [0.717, 1.165) is 36.0 Å². The molecule has 0 saturated carbocycles. The van der Waals surface area contributed by atoms with Crippen molar-refractivity contribution in [3.05, 3.63) is 165 Å². The zero-order valence-corrected chi connectivity index (χ0v) is 25.6. The van der Waals surface area contributed by atoms with Gasteiger partial charge in [0, 0.05) is 16.5 Å². The molecule has 222 valence electrons. The molecule has 0 aromatic heterocycles. The Labute approximate surface area is 260 Å². The lowest BCUT2D eigenvalue weighted by molar-refractivity contribution is 0.0990. The van der Waals surface area contributed by atoms with Crippen molar-refractivity contribution >= 4 is 11.8 Å². The Morgan fingerprint density at radius 2 is 1.18 bits per heavy atom. The lowest BCUT2D eigenvalue weighted by Crippen LogP contribution is -2.38. The van der Waals surface area contributed by atoms with E-state index in [9.17, 15) is 9.59 Å². The fraction of sp³-hybridized carbons (Fsp3) is 0.250. The SMILES string of the molecule is CC(CC1(CC(C)c2ccccc2)C(C2=CCc3c(cccc3C(N)=O)C2)=CCc2c(C(N)=O)cccc21)c1ccccc1. The third-order valence-electron chi connectivity index (χ3n) is 9.85. The van der Waals surface area contributed by atoms with E-state index in [0.29, 0.717) is 24.0 Å². The fourth-order valence-corrected chi connectivity index (χ4v) is 7.82. The molecule has 4 heteroatoms. The summed E-state index contributed by atoms with van der Waals surface area (Å²) >= 11 is 0. The van der Waals surface area contributed by atoms with Gasteiger partial charge in [-0.2, -0.15) is 0 Å². The van der Waals surface area contributed by atoms with Crippen molar-refractivity contribution in [2.45, 2.75) is 63.2 Å². The number of hydrogen-bond acceptors (Lipinski definition) is 2. The number of nitrogens with two attached hydrogens (primary N) is 2. The first-order chi connectivity index (χ1) is 21.3. The molecule has 0 saturated heterocycles. The summed E-state index contributed by atoms with van der Waals surface area (Å²) in [6, 6.07) is 33.4. The van der Waals surface area contributed by atoms with Crippen LogP contribution in [-0.4, -0.2) is 11.8 Å². The van der Waals surface area contributed by atoms with E-state index in [1.807, 2.05) is 24.3 Å². The first-order valence-corrected chi connectivity index (χ1v) is 15.6. The van der Waals surface area contributed by atoms with Crippen molar-refractivity contribution < 1.29 is 9.59 Å². The molecule has 0 fully saturated rings. The number of hydrogen-bond donors (Lipinski definition) is 2. The van der Waals surface area contributed by atoms with Crippen LogP contribution < -0.4 is 11.5 Å². The highest BCUT2D eigenvalue weighted by Gasteiger charge is 2.44. The topological polar surface area (TPSA) is 86.2 Å². The quantitative estimate of drug-likeness (QED) is 0.212. The summed E-state index contributed by atoms with van der Waals surface area (Å²) in [4.78, 5) is 25.0. The highest BCUT2D eigenvalue weighted by Crippen LogP contribution is 2.53. The number of primary amides is 2. The number of fused-ring (bicyclic) bond motifs is 2. The second-order valence-corrected chi connectivity index (χ2v) is 12.5. The van der Waals surface area contributed by atoms with E-state index in [2.05, 4.69) is 98.8 Å². The zero-order valence-electron chi connectivity index (χ0n) is 25.6. The number of allylic oxidation sites excluding steroid dienone is 4. The van der Waals surface area contributed by atoms with Crippen LogP contribution in [0.5, 0.6) is 0 Å². The van der Waals surface area contributed by atoms with Crippen LogP contribution in [-0.2, 0) is 24.7 Å². The van der Waals surface area contributed by atoms with Gasteiger partial charge in [-0.25, -0.2) is 0 Å². The van der Waals surface area contributed by atoms with Gasteiger partial charge in [0.2, 0.25) is 11.8 Å². The molecule has 6 rings (SSSR count). The Kier molecular flexibility index (Phi) is 8.09. The number of rotatable bonds is 9. The van der Waals surface area contributed by atoms with Crippen molar-refractivity contribution in [1.29, 1.82) is 0 Å². The van der Waals surface area contributed by atoms with E-state index in [4.69, 9.17) is 11.5 Å². The molecule has 4 aromatic rings. The first kappa shape index (κ1) is 29.4. The molecule has 44 heavy (non-hydrogen) atoms. The van der Waals surface area contributed by atoms with Gasteiger partial charge in [0.25, 0.3) is 0 Å². The largest absolute Gasteiger partial charge is 0.366 e. The number of benzene rings is 4. The molecule has 4 N–H and O–H groups in total. The Morgan fingerprint density at radius 3 is 1.75 bits per heavy atom. The van der Waals surface area contributed by atoms with Crippen LogP contribution in [0.25, 0.3) is 0 Å². The van der Waals surface area contributed by atoms with Crippen LogP contribution in [0, 0.1) is 0 Å². The minimum Gasteiger partial charge on any atom is -0.366 e. The molecular weight excluding hydrogens is 540 g/mol. The minimum absolute atomic E-state index is 0.253. The monoisotopic (exact) mass is 580 g/mol. The van der Waals surface area contributed by atoms with E-state index in [-0.39, 0.29) is 29.1 Å². The fourth-order valence-electron chi connectivity index (χ4n) is 7.82. The molecule has 4 aromatic carbocycles. The second kappa shape index (κ2) is 12.1. The molecule has 0 bridgehead atoms. The Bertz CT molecular complexity index is 1720. The van der Waals surface area contributed by atoms with Crippen molar-refractivity contribution in [2.24, 2.45) is 11.5 Å². The van der Waals surface area contributed by atoms with Gasteiger partial charge in [0.05, 0.1) is 0 Å². The lowest BCUT2D eigenvalue weighted by Gasteiger charge is -2.46. The first-order valence-electron chi connectivity index (χ1n) is 15.6. The van der Waals surface area contributed by atoms with Gasteiger partial charge in [-0.05, 0) is 101 Å². The minimum atomic E-state index is -0.385. The number of carbonyl (C=O) groups is 2. The Hall–Kier alpha value is -4.70. The summed E-state index contributed by atoms with van der Waals surface area (Å²) < 4.78 is 0. The third kappa shape index (κ3) is 5.41. The van der Waals surface area contributed by atoms with E-state index in [1.165, 1.54) is 27.8 Å². The molecule has 2 unspecified atom stereocenters. The summed E-state index contributed by atoms with van der Waals surface area (Å²) in [7, 11) is 0. The molecule has 0 heterocycles. The molecule has 2 atom stereocenters. The van der Waals surface area contributed by atoms with Crippen molar-refractivity contribution in [1.82, 2.24) is 0 Å². The van der Waals surface area contributed by atoms with Crippen LogP contribution in [0.15, 0.2) is 120 Å². The smallest absolute Gasteiger partial charge is 0.248 e. The van der Waals surface area contributed by atoms with Crippen LogP contribution in [0.2, 0.25) is 0 Å². The van der Waals surface area contributed by atoms with Gasteiger partial charge >= 0.3 is 0 Å². The number of amides is 2. The predicted molar refractivity (Wildman–Crippen MR) is 178 cm³/mol. The van der Waals surface area contributed by atoms with E-state index in [1.54, 1.807) is 0 Å². The van der Waals surface area contributed by atoms with Gasteiger partial charge in [0.15, 0.2) is 0 Å². The molecule has 4 nitrogen and oxygen atoms in total. The second-order valence-electron chi connectivity index (χ2n) is 12.5. The van der Waals surface area contributed by atoms with E-state index >= 15 is 0 Å². The van der Waals surface area contributed by atoms with Crippen LogP contribution in [0.1, 0.15) is 92.6 Å². The molecule has 0 spiro atoms. The molecule has 0 aliphatic heterocycles. The lowest BCUT2D eigenvalue weighted by atomic mass is 9.57. The normalized spacial score (nSPS) is 18.7. The van der Waals surface area contributed by atoms with Crippen molar-refractivity contribution in [3.63, 3.8) is 0 Å². The maximum absolute atomic E-state index is 12.7. The number of carbonyl (C=O) groups excluding carboxylic acids is 2. The summed E-state index contributed by atoms with van der Waals surface area (Å²) in [6.07, 6.45) is 8.46. The highest BCUT2D eigenvalue weighted by molar-refractivity contribution is 5.95. The summed E-state index contributed by atoms with van der Waals surface area (Å²) in [6.45, 7) is 4.63. The maximum Gasteiger partial charge on any atom is 0.248 e. The van der Waals surface area contributed by atoms with Crippen molar-refractivity contribution in [3.8, 4) is 0 Å². The average molecular weight is 581 g/mol. The van der Waals surface area contributed by atoms with Crippen LogP contribution in [0.4, 0.5) is 0 Å². The third-order valence-corrected chi connectivity index (χ3v) is 9.85. The van der Waals surface area contributed by atoms with Gasteiger partial charge in [0.1, 0.15) is 0 Å². The summed E-state index contributed by atoms with van der Waals surface area (Å²) in [5, 5.41) is 0. The van der Waals surface area contributed by atoms with Crippen LogP contribution >= 0.6 is 0 Å². The van der Waals surface area contributed by atoms with E-state index < -0.39 is 0 Å². The summed E-state index contributed by atoms with van der Waals surface area (Å²) in [5.41, 5.74) is 22.2. The summed E-state index contributed by atoms with van der Waals surface area (Å²) in [5.74, 6) is -0.261. The molecule has 2 amide bonds. The van der Waals surface area contributed by atoms with Gasteiger partial charge in [-0.15, -0.1) is 0 Å². The maximum atomic E-state index is 12.7. The van der Waals surface area contributed by atoms with Crippen molar-refractivity contribution in [2.75, 3.05) is 0 Å². The van der Waals surface area contributed by atoms with Gasteiger partial charge in [-0.3, -0.25) is 9.59 Å². The standard InChI is InChI=1S/C40H40N2O2/c1-26(28-11-5-3-6-12-28)24-40(25-27(2)29-13-7-4-8-14-29)36(22-21-33-35(39(42)44)17-10-18-37(33)40)31-19-20-32-30(23-31)15-9-16-34(32)38(41)43/h3-19,22,26-27H,20-21,23-25H2,1-2H3,(H2,41,43)(H2,42,44). The Balaban J connectivity index is 1.54. The molecule has 2 aliphatic carbocycles. The van der Waals surface area contributed by atoms with Gasteiger partial charge in [-0.1, -0.05) is 111 Å². The zero-order chi connectivity index (χ0) is 30.8. The molecular formula is C40H40N2O2. The molecule has 0 radical (unpaired) electrons. The Morgan fingerprint density at radius 1 is 0.659 bits per heavy atom. The van der Waals surface area contributed by atoms with Crippen LogP contribution in [0.3, 0.4) is 0 Å².